The van der Waals surface area contributed by atoms with Crippen molar-refractivity contribution in [2.24, 2.45) is 17.3 Å². The highest BCUT2D eigenvalue weighted by Crippen LogP contribution is 2.46. The fourth-order valence-corrected chi connectivity index (χ4v) is 3.77. The molecule has 0 aromatic heterocycles. The van der Waals surface area contributed by atoms with Crippen LogP contribution in [-0.4, -0.2) is 0 Å². The van der Waals surface area contributed by atoms with Crippen LogP contribution in [0.5, 0.6) is 0 Å². The smallest absolute Gasteiger partial charge is 0.0689 e. The predicted molar refractivity (Wildman–Crippen MR) is 66.9 cm³/mol. The van der Waals surface area contributed by atoms with Crippen LogP contribution in [0.15, 0.2) is 0 Å². The molecular formula is C15H25N. The Hall–Kier alpha value is -0.510. The summed E-state index contributed by atoms with van der Waals surface area (Å²) in [7, 11) is 0. The van der Waals surface area contributed by atoms with Crippen LogP contribution in [0.4, 0.5) is 0 Å². The summed E-state index contributed by atoms with van der Waals surface area (Å²) in [6, 6.07) is 2.69. The van der Waals surface area contributed by atoms with Gasteiger partial charge in [0.1, 0.15) is 0 Å². The molecule has 2 fully saturated rings. The fourth-order valence-electron chi connectivity index (χ4n) is 3.77. The SMILES string of the molecule is CCC1CCC(C#N)(CC2CCCC2)CC1. The molecule has 0 aromatic rings. The maximum absolute atomic E-state index is 9.51. The summed E-state index contributed by atoms with van der Waals surface area (Å²) in [5.74, 6) is 1.78. The largest absolute Gasteiger partial charge is 0.198 e. The van der Waals surface area contributed by atoms with Gasteiger partial charge in [0.2, 0.25) is 0 Å². The van der Waals surface area contributed by atoms with E-state index >= 15 is 0 Å². The zero-order valence-electron chi connectivity index (χ0n) is 10.7. The molecule has 1 nitrogen and oxygen atoms in total. The summed E-state index contributed by atoms with van der Waals surface area (Å²) in [5.41, 5.74) is 0.0701. The minimum absolute atomic E-state index is 0.0701. The van der Waals surface area contributed by atoms with Crippen LogP contribution in [-0.2, 0) is 0 Å². The topological polar surface area (TPSA) is 23.8 Å². The van der Waals surface area contributed by atoms with E-state index in [4.69, 9.17) is 0 Å². The molecule has 2 aliphatic carbocycles. The summed E-state index contributed by atoms with van der Waals surface area (Å²) in [5, 5.41) is 9.51. The van der Waals surface area contributed by atoms with Gasteiger partial charge in [-0.3, -0.25) is 0 Å². The highest BCUT2D eigenvalue weighted by atomic mass is 14.4. The highest BCUT2D eigenvalue weighted by Gasteiger charge is 2.37. The minimum atomic E-state index is 0.0701. The molecule has 0 amide bonds. The average molecular weight is 219 g/mol. The Morgan fingerprint density at radius 2 is 1.69 bits per heavy atom. The zero-order chi connectivity index (χ0) is 11.4. The normalized spacial score (nSPS) is 36.1. The van der Waals surface area contributed by atoms with Gasteiger partial charge in [-0.25, -0.2) is 0 Å². The molecular weight excluding hydrogens is 194 g/mol. The van der Waals surface area contributed by atoms with Crippen LogP contribution < -0.4 is 0 Å². The van der Waals surface area contributed by atoms with Crippen LogP contribution in [0.3, 0.4) is 0 Å². The summed E-state index contributed by atoms with van der Waals surface area (Å²) >= 11 is 0. The van der Waals surface area contributed by atoms with Gasteiger partial charge in [-0.15, -0.1) is 0 Å². The molecule has 1 heteroatoms. The molecule has 90 valence electrons. The van der Waals surface area contributed by atoms with Crippen LogP contribution >= 0.6 is 0 Å². The molecule has 0 spiro atoms. The van der Waals surface area contributed by atoms with Crippen molar-refractivity contribution in [1.29, 1.82) is 5.26 Å². The lowest BCUT2D eigenvalue weighted by atomic mass is 9.66. The Labute approximate surface area is 100 Å². The van der Waals surface area contributed by atoms with Crippen LogP contribution in [0, 0.1) is 28.6 Å². The van der Waals surface area contributed by atoms with Crippen molar-refractivity contribution in [3.63, 3.8) is 0 Å². The van der Waals surface area contributed by atoms with Crippen molar-refractivity contribution < 1.29 is 0 Å². The van der Waals surface area contributed by atoms with Crippen LogP contribution in [0.2, 0.25) is 0 Å². The Morgan fingerprint density at radius 3 is 2.19 bits per heavy atom. The van der Waals surface area contributed by atoms with Crippen molar-refractivity contribution in [2.75, 3.05) is 0 Å². The first-order valence-corrected chi connectivity index (χ1v) is 7.19. The first-order chi connectivity index (χ1) is 7.78. The number of nitriles is 1. The Balaban J connectivity index is 1.90. The molecule has 0 saturated heterocycles. The second-order valence-electron chi connectivity index (χ2n) is 6.10. The zero-order valence-corrected chi connectivity index (χ0v) is 10.7. The van der Waals surface area contributed by atoms with Crippen molar-refractivity contribution in [3.05, 3.63) is 0 Å². The fraction of sp³-hybridized carbons (Fsp3) is 0.933. The summed E-state index contributed by atoms with van der Waals surface area (Å²) in [6.07, 6.45) is 13.1. The van der Waals surface area contributed by atoms with Gasteiger partial charge in [0, 0.05) is 0 Å². The summed E-state index contributed by atoms with van der Waals surface area (Å²) in [6.45, 7) is 2.29. The molecule has 16 heavy (non-hydrogen) atoms. The van der Waals surface area contributed by atoms with Crippen LogP contribution in [0.1, 0.15) is 71.1 Å². The van der Waals surface area contributed by atoms with Gasteiger partial charge >= 0.3 is 0 Å². The second-order valence-corrected chi connectivity index (χ2v) is 6.10. The van der Waals surface area contributed by atoms with E-state index in [1.807, 2.05) is 0 Å². The second kappa shape index (κ2) is 5.21. The van der Waals surface area contributed by atoms with E-state index in [0.29, 0.717) is 0 Å². The van der Waals surface area contributed by atoms with Gasteiger partial charge in [-0.2, -0.15) is 5.26 Å². The first-order valence-electron chi connectivity index (χ1n) is 7.19. The van der Waals surface area contributed by atoms with E-state index in [1.165, 1.54) is 64.2 Å². The van der Waals surface area contributed by atoms with Gasteiger partial charge in [0.05, 0.1) is 11.5 Å². The number of nitrogens with zero attached hydrogens (tertiary/aromatic N) is 1. The number of rotatable bonds is 3. The third-order valence-electron chi connectivity index (χ3n) is 5.03. The van der Waals surface area contributed by atoms with Gasteiger partial charge < -0.3 is 0 Å². The molecule has 0 heterocycles. The highest BCUT2D eigenvalue weighted by molar-refractivity contribution is 5.02. The van der Waals surface area contributed by atoms with Crippen molar-refractivity contribution >= 4 is 0 Å². The minimum Gasteiger partial charge on any atom is -0.198 e. The third-order valence-corrected chi connectivity index (χ3v) is 5.03. The standard InChI is InChI=1S/C15H25N/c1-2-13-7-9-15(12-16,10-8-13)11-14-5-3-4-6-14/h13-14H,2-11H2,1H3. The third kappa shape index (κ3) is 2.59. The monoisotopic (exact) mass is 219 g/mol. The summed E-state index contributed by atoms with van der Waals surface area (Å²) < 4.78 is 0. The molecule has 0 bridgehead atoms. The Kier molecular flexibility index (Phi) is 3.90. The van der Waals surface area contributed by atoms with Crippen molar-refractivity contribution in [3.8, 4) is 6.07 Å². The lowest BCUT2D eigenvalue weighted by Crippen LogP contribution is -2.28. The van der Waals surface area contributed by atoms with Crippen molar-refractivity contribution in [2.45, 2.75) is 71.1 Å². The molecule has 0 atom stereocenters. The molecule has 0 unspecified atom stereocenters. The molecule has 0 aromatic carbocycles. The molecule has 0 radical (unpaired) electrons. The predicted octanol–water partition coefficient (Wildman–Crippen LogP) is 4.68. The van der Waals surface area contributed by atoms with Crippen molar-refractivity contribution in [1.82, 2.24) is 0 Å². The Morgan fingerprint density at radius 1 is 1.06 bits per heavy atom. The Bertz CT molecular complexity index is 249. The van der Waals surface area contributed by atoms with E-state index in [0.717, 1.165) is 11.8 Å². The summed E-state index contributed by atoms with van der Waals surface area (Å²) in [4.78, 5) is 0. The van der Waals surface area contributed by atoms with E-state index in [1.54, 1.807) is 0 Å². The number of hydrogen-bond donors (Lipinski definition) is 0. The maximum Gasteiger partial charge on any atom is 0.0689 e. The van der Waals surface area contributed by atoms with Gasteiger partial charge in [-0.05, 0) is 43.9 Å². The van der Waals surface area contributed by atoms with Gasteiger partial charge in [0.25, 0.3) is 0 Å². The van der Waals surface area contributed by atoms with E-state index in [2.05, 4.69) is 13.0 Å². The van der Waals surface area contributed by atoms with Crippen LogP contribution in [0.25, 0.3) is 0 Å². The van der Waals surface area contributed by atoms with E-state index in [9.17, 15) is 5.26 Å². The molecule has 2 aliphatic rings. The van der Waals surface area contributed by atoms with Gasteiger partial charge in [-0.1, -0.05) is 39.0 Å². The lowest BCUT2D eigenvalue weighted by molar-refractivity contribution is 0.168. The maximum atomic E-state index is 9.51. The molecule has 2 rings (SSSR count). The van der Waals surface area contributed by atoms with Gasteiger partial charge in [0.15, 0.2) is 0 Å². The molecule has 0 aliphatic heterocycles. The van der Waals surface area contributed by atoms with E-state index < -0.39 is 0 Å². The average Bonchev–Trinajstić information content (AvgIpc) is 2.83. The first kappa shape index (κ1) is 12.0. The molecule has 2 saturated carbocycles. The lowest BCUT2D eigenvalue weighted by Gasteiger charge is -2.36. The van der Waals surface area contributed by atoms with E-state index in [-0.39, 0.29) is 5.41 Å². The number of hydrogen-bond acceptors (Lipinski definition) is 1. The quantitative estimate of drug-likeness (QED) is 0.676. The molecule has 0 N–H and O–H groups in total.